The summed E-state index contributed by atoms with van der Waals surface area (Å²) in [6.07, 6.45) is 5.61. The lowest BCUT2D eigenvalue weighted by atomic mass is 9.78. The zero-order chi connectivity index (χ0) is 11.8. The molecule has 0 radical (unpaired) electrons. The molecule has 1 atom stereocenters. The van der Waals surface area contributed by atoms with Crippen LogP contribution in [-0.2, 0) is 11.0 Å². The van der Waals surface area contributed by atoms with Crippen molar-refractivity contribution in [1.82, 2.24) is 9.21 Å². The lowest BCUT2D eigenvalue weighted by molar-refractivity contribution is 0.149. The third kappa shape index (κ3) is 2.49. The van der Waals surface area contributed by atoms with Crippen LogP contribution in [0.15, 0.2) is 0 Å². The lowest BCUT2D eigenvalue weighted by Gasteiger charge is -2.38. The third-order valence-electron chi connectivity index (χ3n) is 4.34. The maximum atomic E-state index is 11.4. The summed E-state index contributed by atoms with van der Waals surface area (Å²) in [5.41, 5.74) is 0.542. The summed E-state index contributed by atoms with van der Waals surface area (Å²) in [6, 6.07) is 0.678. The standard InChI is InChI=1S/C12H24N2OS/c1-11(2)13-7-4-12(10-13)5-8-14(9-6-12)16(3)15/h11H,4-10H2,1-3H3. The second-order valence-corrected chi connectivity index (χ2v) is 7.03. The molecule has 0 N–H and O–H groups in total. The molecule has 2 aliphatic rings. The van der Waals surface area contributed by atoms with Crippen molar-refractivity contribution in [3.05, 3.63) is 0 Å². The smallest absolute Gasteiger partial charge is 0.0910 e. The summed E-state index contributed by atoms with van der Waals surface area (Å²) in [5, 5.41) is 0. The lowest BCUT2D eigenvalue weighted by Crippen LogP contribution is -2.42. The summed E-state index contributed by atoms with van der Waals surface area (Å²) in [7, 11) is -0.767. The quantitative estimate of drug-likeness (QED) is 0.734. The van der Waals surface area contributed by atoms with Crippen LogP contribution in [0.5, 0.6) is 0 Å². The van der Waals surface area contributed by atoms with Gasteiger partial charge in [0, 0.05) is 31.9 Å². The molecule has 2 aliphatic heterocycles. The van der Waals surface area contributed by atoms with Gasteiger partial charge in [0.2, 0.25) is 0 Å². The van der Waals surface area contributed by atoms with Crippen LogP contribution in [0.1, 0.15) is 33.1 Å². The molecule has 0 bridgehead atoms. The molecular weight excluding hydrogens is 220 g/mol. The first-order valence-corrected chi connectivity index (χ1v) is 7.86. The first-order valence-electron chi connectivity index (χ1n) is 6.35. The van der Waals surface area contributed by atoms with E-state index in [1.54, 1.807) is 6.26 Å². The normalized spacial score (nSPS) is 29.0. The average Bonchev–Trinajstić information content (AvgIpc) is 2.63. The van der Waals surface area contributed by atoms with E-state index < -0.39 is 11.0 Å². The Bertz CT molecular complexity index is 272. The third-order valence-corrected chi connectivity index (χ3v) is 5.44. The van der Waals surface area contributed by atoms with E-state index in [9.17, 15) is 4.21 Å². The highest BCUT2D eigenvalue weighted by Crippen LogP contribution is 2.41. The minimum absolute atomic E-state index is 0.542. The Balaban J connectivity index is 1.91. The van der Waals surface area contributed by atoms with Gasteiger partial charge in [-0.1, -0.05) is 0 Å². The molecule has 2 fully saturated rings. The molecule has 94 valence electrons. The minimum atomic E-state index is -0.767. The van der Waals surface area contributed by atoms with Crippen molar-refractivity contribution >= 4 is 11.0 Å². The molecule has 16 heavy (non-hydrogen) atoms. The fourth-order valence-corrected chi connectivity index (χ4v) is 3.73. The van der Waals surface area contributed by atoms with Crippen LogP contribution in [0.4, 0.5) is 0 Å². The van der Waals surface area contributed by atoms with Crippen molar-refractivity contribution in [3.63, 3.8) is 0 Å². The number of piperidine rings is 1. The minimum Gasteiger partial charge on any atom is -0.300 e. The Labute approximate surface area is 102 Å². The van der Waals surface area contributed by atoms with Crippen LogP contribution < -0.4 is 0 Å². The van der Waals surface area contributed by atoms with E-state index in [0.717, 1.165) is 13.1 Å². The molecule has 0 aromatic carbocycles. The molecule has 0 amide bonds. The second-order valence-electron chi connectivity index (χ2n) is 5.67. The maximum absolute atomic E-state index is 11.4. The van der Waals surface area contributed by atoms with Gasteiger partial charge in [0.05, 0.1) is 11.0 Å². The highest BCUT2D eigenvalue weighted by atomic mass is 32.2. The van der Waals surface area contributed by atoms with E-state index in [1.165, 1.54) is 32.4 Å². The van der Waals surface area contributed by atoms with Crippen LogP contribution in [0.2, 0.25) is 0 Å². The maximum Gasteiger partial charge on any atom is 0.0910 e. The van der Waals surface area contributed by atoms with Crippen LogP contribution in [0.25, 0.3) is 0 Å². The number of hydrogen-bond acceptors (Lipinski definition) is 2. The van der Waals surface area contributed by atoms with Crippen molar-refractivity contribution in [1.29, 1.82) is 0 Å². The molecule has 3 nitrogen and oxygen atoms in total. The van der Waals surface area contributed by atoms with Crippen LogP contribution in [0.3, 0.4) is 0 Å². The summed E-state index contributed by atoms with van der Waals surface area (Å²) in [5.74, 6) is 0. The highest BCUT2D eigenvalue weighted by Gasteiger charge is 2.41. The zero-order valence-corrected chi connectivity index (χ0v) is 11.6. The molecule has 4 heteroatoms. The Kier molecular flexibility index (Phi) is 3.72. The van der Waals surface area contributed by atoms with Gasteiger partial charge in [-0.05, 0) is 45.1 Å². The van der Waals surface area contributed by atoms with Gasteiger partial charge in [0.15, 0.2) is 0 Å². The number of rotatable bonds is 2. The van der Waals surface area contributed by atoms with Crippen molar-refractivity contribution in [2.75, 3.05) is 32.4 Å². The highest BCUT2D eigenvalue weighted by molar-refractivity contribution is 7.81. The molecule has 2 saturated heterocycles. The van der Waals surface area contributed by atoms with Crippen molar-refractivity contribution < 1.29 is 4.21 Å². The topological polar surface area (TPSA) is 23.6 Å². The average molecular weight is 244 g/mol. The van der Waals surface area contributed by atoms with Gasteiger partial charge in [-0.3, -0.25) is 0 Å². The molecule has 1 spiro atoms. The Hall–Kier alpha value is 0.0700. The molecule has 1 unspecified atom stereocenters. The van der Waals surface area contributed by atoms with Gasteiger partial charge in [-0.15, -0.1) is 0 Å². The van der Waals surface area contributed by atoms with E-state index in [1.807, 2.05) is 0 Å². The largest absolute Gasteiger partial charge is 0.300 e. The first kappa shape index (κ1) is 12.5. The Morgan fingerprint density at radius 3 is 2.12 bits per heavy atom. The van der Waals surface area contributed by atoms with Gasteiger partial charge >= 0.3 is 0 Å². The van der Waals surface area contributed by atoms with Crippen LogP contribution in [-0.4, -0.2) is 51.9 Å². The summed E-state index contributed by atoms with van der Waals surface area (Å²) >= 11 is 0. The molecule has 2 heterocycles. The van der Waals surface area contributed by atoms with Gasteiger partial charge in [0.25, 0.3) is 0 Å². The van der Waals surface area contributed by atoms with Crippen molar-refractivity contribution in [3.8, 4) is 0 Å². The molecule has 0 aromatic heterocycles. The number of nitrogens with zero attached hydrogens (tertiary/aromatic N) is 2. The Morgan fingerprint density at radius 1 is 1.12 bits per heavy atom. The first-order chi connectivity index (χ1) is 7.52. The Morgan fingerprint density at radius 2 is 1.69 bits per heavy atom. The van der Waals surface area contributed by atoms with E-state index >= 15 is 0 Å². The van der Waals surface area contributed by atoms with Gasteiger partial charge in [-0.2, -0.15) is 0 Å². The van der Waals surface area contributed by atoms with E-state index in [0.29, 0.717) is 11.5 Å². The van der Waals surface area contributed by atoms with E-state index in [2.05, 4.69) is 23.1 Å². The van der Waals surface area contributed by atoms with Crippen molar-refractivity contribution in [2.24, 2.45) is 5.41 Å². The van der Waals surface area contributed by atoms with E-state index in [4.69, 9.17) is 0 Å². The van der Waals surface area contributed by atoms with Crippen molar-refractivity contribution in [2.45, 2.75) is 39.2 Å². The fourth-order valence-electron chi connectivity index (χ4n) is 3.04. The predicted octanol–water partition coefficient (Wildman–Crippen LogP) is 1.48. The van der Waals surface area contributed by atoms with Gasteiger partial charge in [-0.25, -0.2) is 8.51 Å². The zero-order valence-electron chi connectivity index (χ0n) is 10.7. The molecule has 0 saturated carbocycles. The summed E-state index contributed by atoms with van der Waals surface area (Å²) in [4.78, 5) is 2.60. The number of hydrogen-bond donors (Lipinski definition) is 0. The monoisotopic (exact) mass is 244 g/mol. The molecule has 0 aromatic rings. The van der Waals surface area contributed by atoms with Gasteiger partial charge in [0.1, 0.15) is 0 Å². The summed E-state index contributed by atoms with van der Waals surface area (Å²) in [6.45, 7) is 9.14. The second kappa shape index (κ2) is 4.75. The van der Waals surface area contributed by atoms with E-state index in [-0.39, 0.29) is 0 Å². The van der Waals surface area contributed by atoms with Gasteiger partial charge < -0.3 is 4.90 Å². The summed E-state index contributed by atoms with van der Waals surface area (Å²) < 4.78 is 13.5. The van der Waals surface area contributed by atoms with Crippen LogP contribution >= 0.6 is 0 Å². The molecular formula is C12H24N2OS. The molecule has 0 aliphatic carbocycles. The predicted molar refractivity (Wildman–Crippen MR) is 68.6 cm³/mol. The van der Waals surface area contributed by atoms with Crippen LogP contribution in [0, 0.1) is 5.41 Å². The SMILES string of the molecule is CC(C)N1CCC2(CCN(S(C)=O)CC2)C1. The number of likely N-dealkylation sites (tertiary alicyclic amines) is 1. The fraction of sp³-hybridized carbons (Fsp3) is 1.00. The molecule has 2 rings (SSSR count).